The van der Waals surface area contributed by atoms with Gasteiger partial charge in [-0.25, -0.2) is 0 Å². The smallest absolute Gasteiger partial charge is 0.193 e. The summed E-state index contributed by atoms with van der Waals surface area (Å²) in [5, 5.41) is 3.41. The summed E-state index contributed by atoms with van der Waals surface area (Å²) >= 11 is 0. The Morgan fingerprint density at radius 2 is 1.96 bits per heavy atom. The number of halogens is 1. The summed E-state index contributed by atoms with van der Waals surface area (Å²) in [5.74, 6) is 1.59. The maximum absolute atomic E-state index is 6.01. The van der Waals surface area contributed by atoms with Gasteiger partial charge in [0, 0.05) is 39.7 Å². The molecular formula is C17H34IN3O2. The Bertz CT molecular complexity index is 328. The Labute approximate surface area is 158 Å². The standard InChI is InChI=1S/C17H33N3O2.HI/c1-18-17(20(2)13-15-9-11-21-14-15)19-10-12-22-16-7-5-3-4-6-8-16;/h15-16H,3-14H2,1-2H3,(H,18,19);1H. The van der Waals surface area contributed by atoms with Gasteiger partial charge in [0.25, 0.3) is 0 Å². The van der Waals surface area contributed by atoms with Crippen molar-refractivity contribution in [2.75, 3.05) is 47.0 Å². The van der Waals surface area contributed by atoms with Gasteiger partial charge in [-0.05, 0) is 19.3 Å². The maximum atomic E-state index is 6.01. The number of hydrogen-bond acceptors (Lipinski definition) is 3. The molecule has 2 fully saturated rings. The SMILES string of the molecule is CN=C(NCCOC1CCCCCC1)N(C)CC1CCOC1.I. The van der Waals surface area contributed by atoms with Crippen LogP contribution >= 0.6 is 24.0 Å². The predicted octanol–water partition coefficient (Wildman–Crippen LogP) is 2.89. The van der Waals surface area contributed by atoms with Crippen LogP contribution in [-0.4, -0.2) is 64.0 Å². The number of guanidine groups is 1. The van der Waals surface area contributed by atoms with Crippen molar-refractivity contribution in [1.82, 2.24) is 10.2 Å². The summed E-state index contributed by atoms with van der Waals surface area (Å²) in [4.78, 5) is 6.56. The quantitative estimate of drug-likeness (QED) is 0.227. The number of ether oxygens (including phenoxy) is 2. The van der Waals surface area contributed by atoms with Crippen LogP contribution in [0.15, 0.2) is 4.99 Å². The zero-order valence-corrected chi connectivity index (χ0v) is 17.1. The van der Waals surface area contributed by atoms with E-state index in [0.717, 1.165) is 45.3 Å². The Balaban J connectivity index is 0.00000264. The van der Waals surface area contributed by atoms with Crippen LogP contribution in [0.25, 0.3) is 0 Å². The van der Waals surface area contributed by atoms with E-state index in [1.54, 1.807) is 0 Å². The van der Waals surface area contributed by atoms with Gasteiger partial charge in [0.15, 0.2) is 5.96 Å². The summed E-state index contributed by atoms with van der Waals surface area (Å²) in [7, 11) is 3.94. The fourth-order valence-electron chi connectivity index (χ4n) is 3.38. The van der Waals surface area contributed by atoms with Gasteiger partial charge in [-0.2, -0.15) is 0 Å². The topological polar surface area (TPSA) is 46.1 Å². The van der Waals surface area contributed by atoms with Crippen molar-refractivity contribution in [1.29, 1.82) is 0 Å². The molecule has 1 heterocycles. The Kier molecular flexibility index (Phi) is 11.2. The highest BCUT2D eigenvalue weighted by molar-refractivity contribution is 14.0. The van der Waals surface area contributed by atoms with Crippen molar-refractivity contribution in [3.05, 3.63) is 0 Å². The summed E-state index contributed by atoms with van der Waals surface area (Å²) < 4.78 is 11.5. The van der Waals surface area contributed by atoms with E-state index in [1.807, 2.05) is 7.05 Å². The first kappa shape index (κ1) is 21.0. The van der Waals surface area contributed by atoms with Crippen LogP contribution in [-0.2, 0) is 9.47 Å². The molecule has 2 rings (SSSR count). The molecule has 0 aromatic heterocycles. The third-order valence-electron chi connectivity index (χ3n) is 4.67. The van der Waals surface area contributed by atoms with E-state index >= 15 is 0 Å². The second-order valence-corrected chi connectivity index (χ2v) is 6.57. The molecular weight excluding hydrogens is 405 g/mol. The van der Waals surface area contributed by atoms with Crippen molar-refractivity contribution in [2.45, 2.75) is 51.0 Å². The van der Waals surface area contributed by atoms with E-state index < -0.39 is 0 Å². The van der Waals surface area contributed by atoms with E-state index in [2.05, 4.69) is 22.3 Å². The summed E-state index contributed by atoms with van der Waals surface area (Å²) in [6.07, 6.45) is 9.50. The zero-order chi connectivity index (χ0) is 15.6. The van der Waals surface area contributed by atoms with E-state index in [0.29, 0.717) is 12.0 Å². The van der Waals surface area contributed by atoms with Gasteiger partial charge in [-0.15, -0.1) is 24.0 Å². The third-order valence-corrected chi connectivity index (χ3v) is 4.67. The Morgan fingerprint density at radius 3 is 2.57 bits per heavy atom. The van der Waals surface area contributed by atoms with E-state index in [1.165, 1.54) is 38.5 Å². The van der Waals surface area contributed by atoms with Gasteiger partial charge in [-0.3, -0.25) is 4.99 Å². The summed E-state index contributed by atoms with van der Waals surface area (Å²) in [5.41, 5.74) is 0. The first-order chi connectivity index (χ1) is 10.8. The Morgan fingerprint density at radius 1 is 1.22 bits per heavy atom. The van der Waals surface area contributed by atoms with Gasteiger partial charge < -0.3 is 19.7 Å². The molecule has 0 aromatic carbocycles. The van der Waals surface area contributed by atoms with Gasteiger partial charge >= 0.3 is 0 Å². The second-order valence-electron chi connectivity index (χ2n) is 6.57. The number of rotatable bonds is 6. The first-order valence-electron chi connectivity index (χ1n) is 8.90. The maximum Gasteiger partial charge on any atom is 0.193 e. The highest BCUT2D eigenvalue weighted by Gasteiger charge is 2.19. The van der Waals surface area contributed by atoms with E-state index in [9.17, 15) is 0 Å². The van der Waals surface area contributed by atoms with E-state index in [4.69, 9.17) is 9.47 Å². The monoisotopic (exact) mass is 439 g/mol. The second kappa shape index (κ2) is 12.3. The van der Waals surface area contributed by atoms with Gasteiger partial charge in [0.1, 0.15) is 0 Å². The highest BCUT2D eigenvalue weighted by atomic mass is 127. The van der Waals surface area contributed by atoms with Crippen LogP contribution in [0.1, 0.15) is 44.9 Å². The van der Waals surface area contributed by atoms with Crippen LogP contribution in [0, 0.1) is 5.92 Å². The van der Waals surface area contributed by atoms with Gasteiger partial charge in [-0.1, -0.05) is 25.7 Å². The fourth-order valence-corrected chi connectivity index (χ4v) is 3.38. The lowest BCUT2D eigenvalue weighted by molar-refractivity contribution is 0.0466. The van der Waals surface area contributed by atoms with Crippen molar-refractivity contribution in [2.24, 2.45) is 10.9 Å². The molecule has 5 nitrogen and oxygen atoms in total. The van der Waals surface area contributed by atoms with Crippen molar-refractivity contribution < 1.29 is 9.47 Å². The molecule has 1 saturated heterocycles. The predicted molar refractivity (Wildman–Crippen MR) is 106 cm³/mol. The minimum absolute atomic E-state index is 0. The van der Waals surface area contributed by atoms with Crippen LogP contribution < -0.4 is 5.32 Å². The lowest BCUT2D eigenvalue weighted by Crippen LogP contribution is -2.42. The molecule has 1 unspecified atom stereocenters. The molecule has 0 aromatic rings. The van der Waals surface area contributed by atoms with Crippen molar-refractivity contribution >= 4 is 29.9 Å². The van der Waals surface area contributed by atoms with Crippen LogP contribution in [0.5, 0.6) is 0 Å². The average molecular weight is 439 g/mol. The molecule has 0 radical (unpaired) electrons. The number of nitrogens with zero attached hydrogens (tertiary/aromatic N) is 2. The molecule has 1 atom stereocenters. The van der Waals surface area contributed by atoms with Gasteiger partial charge in [0.2, 0.25) is 0 Å². The van der Waals surface area contributed by atoms with Crippen LogP contribution in [0.4, 0.5) is 0 Å². The molecule has 6 heteroatoms. The molecule has 0 amide bonds. The molecule has 0 spiro atoms. The Hall–Kier alpha value is -0.0800. The number of aliphatic imine (C=N–C) groups is 1. The highest BCUT2D eigenvalue weighted by Crippen LogP contribution is 2.19. The lowest BCUT2D eigenvalue weighted by atomic mass is 10.1. The van der Waals surface area contributed by atoms with Crippen molar-refractivity contribution in [3.63, 3.8) is 0 Å². The first-order valence-corrected chi connectivity index (χ1v) is 8.90. The fraction of sp³-hybridized carbons (Fsp3) is 0.941. The minimum atomic E-state index is 0. The van der Waals surface area contributed by atoms with Crippen LogP contribution in [0.2, 0.25) is 0 Å². The molecule has 1 aliphatic heterocycles. The average Bonchev–Trinajstić information content (AvgIpc) is 2.89. The molecule has 1 aliphatic carbocycles. The summed E-state index contributed by atoms with van der Waals surface area (Å²) in [6, 6.07) is 0. The molecule has 136 valence electrons. The lowest BCUT2D eigenvalue weighted by Gasteiger charge is -2.25. The minimum Gasteiger partial charge on any atom is -0.381 e. The number of hydrogen-bond donors (Lipinski definition) is 1. The normalized spacial score (nSPS) is 23.2. The third kappa shape index (κ3) is 8.03. The molecule has 1 N–H and O–H groups in total. The largest absolute Gasteiger partial charge is 0.381 e. The number of nitrogens with one attached hydrogen (secondary N) is 1. The molecule has 23 heavy (non-hydrogen) atoms. The molecule has 1 saturated carbocycles. The van der Waals surface area contributed by atoms with Crippen molar-refractivity contribution in [3.8, 4) is 0 Å². The van der Waals surface area contributed by atoms with Crippen LogP contribution in [0.3, 0.4) is 0 Å². The summed E-state index contributed by atoms with van der Waals surface area (Å²) in [6.45, 7) is 4.38. The van der Waals surface area contributed by atoms with Gasteiger partial charge in [0.05, 0.1) is 19.3 Å². The van der Waals surface area contributed by atoms with E-state index in [-0.39, 0.29) is 24.0 Å². The zero-order valence-electron chi connectivity index (χ0n) is 14.8. The molecule has 2 aliphatic rings. The molecule has 0 bridgehead atoms.